The average Bonchev–Trinajstić information content (AvgIpc) is 2.41. The molecule has 86 valence electrons. The molecule has 0 saturated carbocycles. The number of amides is 1. The number of hydrogen-bond acceptors (Lipinski definition) is 3. The van der Waals surface area contributed by atoms with Crippen LogP contribution in [0, 0.1) is 5.92 Å². The first-order valence-corrected chi connectivity index (χ1v) is 5.50. The third-order valence-corrected chi connectivity index (χ3v) is 2.31. The zero-order chi connectivity index (χ0) is 11.4. The third-order valence-electron chi connectivity index (χ3n) is 2.31. The Morgan fingerprint density at radius 2 is 2.13 bits per heavy atom. The largest absolute Gasteiger partial charge is 0.308 e. The molecule has 0 atom stereocenters. The van der Waals surface area contributed by atoms with E-state index in [1.54, 1.807) is 5.01 Å². The van der Waals surface area contributed by atoms with Crippen LogP contribution in [-0.2, 0) is 4.79 Å². The van der Waals surface area contributed by atoms with Crippen molar-refractivity contribution in [1.82, 2.24) is 9.91 Å². The normalized spacial score (nSPS) is 16.8. The smallest absolute Gasteiger partial charge is 0.248 e. The monoisotopic (exact) mass is 211 g/mol. The van der Waals surface area contributed by atoms with Crippen molar-refractivity contribution in [3.63, 3.8) is 0 Å². The summed E-state index contributed by atoms with van der Waals surface area (Å²) in [6.07, 6.45) is 1.45. The van der Waals surface area contributed by atoms with Gasteiger partial charge in [-0.05, 0) is 26.4 Å². The molecule has 1 aliphatic rings. The van der Waals surface area contributed by atoms with Crippen LogP contribution in [0.15, 0.2) is 5.10 Å². The summed E-state index contributed by atoms with van der Waals surface area (Å²) in [7, 11) is 4.00. The van der Waals surface area contributed by atoms with E-state index < -0.39 is 0 Å². The summed E-state index contributed by atoms with van der Waals surface area (Å²) in [6.45, 7) is 5.86. The van der Waals surface area contributed by atoms with Crippen molar-refractivity contribution in [2.24, 2.45) is 11.0 Å². The van der Waals surface area contributed by atoms with Gasteiger partial charge in [-0.25, -0.2) is 5.01 Å². The van der Waals surface area contributed by atoms with Crippen LogP contribution in [0.4, 0.5) is 0 Å². The van der Waals surface area contributed by atoms with Crippen LogP contribution in [0.2, 0.25) is 0 Å². The molecule has 1 rings (SSSR count). The summed E-state index contributed by atoms with van der Waals surface area (Å²) in [6, 6.07) is 0. The van der Waals surface area contributed by atoms with E-state index in [-0.39, 0.29) is 5.91 Å². The van der Waals surface area contributed by atoms with Crippen molar-refractivity contribution in [3.05, 3.63) is 0 Å². The van der Waals surface area contributed by atoms with E-state index in [2.05, 4.69) is 23.8 Å². The van der Waals surface area contributed by atoms with E-state index in [1.807, 2.05) is 14.1 Å². The summed E-state index contributed by atoms with van der Waals surface area (Å²) in [5.41, 5.74) is 1.04. The van der Waals surface area contributed by atoms with Crippen molar-refractivity contribution in [2.75, 3.05) is 27.2 Å². The first-order valence-electron chi connectivity index (χ1n) is 5.50. The minimum atomic E-state index is 0.146. The summed E-state index contributed by atoms with van der Waals surface area (Å²) in [5, 5.41) is 5.96. The van der Waals surface area contributed by atoms with Gasteiger partial charge in [0.25, 0.3) is 0 Å². The first-order chi connectivity index (χ1) is 6.99. The van der Waals surface area contributed by atoms with Crippen LogP contribution in [0.5, 0.6) is 0 Å². The molecule has 0 unspecified atom stereocenters. The minimum Gasteiger partial charge on any atom is -0.308 e. The number of carbonyl (C=O) groups is 1. The molecule has 1 aliphatic heterocycles. The maximum atomic E-state index is 11.6. The molecule has 15 heavy (non-hydrogen) atoms. The number of hydrazone groups is 1. The Balaban J connectivity index is 2.44. The highest BCUT2D eigenvalue weighted by Crippen LogP contribution is 2.14. The van der Waals surface area contributed by atoms with Gasteiger partial charge in [-0.15, -0.1) is 0 Å². The summed E-state index contributed by atoms with van der Waals surface area (Å²) < 4.78 is 0. The third kappa shape index (κ3) is 4.00. The molecule has 0 bridgehead atoms. The van der Waals surface area contributed by atoms with Crippen molar-refractivity contribution >= 4 is 11.6 Å². The number of hydrogen-bond donors (Lipinski definition) is 0. The topological polar surface area (TPSA) is 35.9 Å². The molecule has 1 amide bonds. The lowest BCUT2D eigenvalue weighted by atomic mass is 10.1. The molecular formula is C11H21N3O. The first kappa shape index (κ1) is 12.2. The molecule has 0 aromatic rings. The Hall–Kier alpha value is -0.900. The Labute approximate surface area is 91.9 Å². The lowest BCUT2D eigenvalue weighted by Gasteiger charge is -2.15. The molecule has 4 heteroatoms. The fourth-order valence-electron chi connectivity index (χ4n) is 1.58. The second-order valence-corrected chi connectivity index (χ2v) is 4.76. The van der Waals surface area contributed by atoms with Gasteiger partial charge < -0.3 is 4.90 Å². The van der Waals surface area contributed by atoms with E-state index >= 15 is 0 Å². The van der Waals surface area contributed by atoms with E-state index in [4.69, 9.17) is 0 Å². The number of likely N-dealkylation sites (N-methyl/N-ethyl adjacent to an activating group) is 1. The highest BCUT2D eigenvalue weighted by molar-refractivity contribution is 6.04. The summed E-state index contributed by atoms with van der Waals surface area (Å²) >= 11 is 0. The van der Waals surface area contributed by atoms with Crippen molar-refractivity contribution in [1.29, 1.82) is 0 Å². The highest BCUT2D eigenvalue weighted by atomic mass is 16.2. The Morgan fingerprint density at radius 3 is 2.67 bits per heavy atom. The number of rotatable bonds is 5. The molecular weight excluding hydrogens is 190 g/mol. The summed E-state index contributed by atoms with van der Waals surface area (Å²) in [5.74, 6) is 0.720. The molecule has 0 radical (unpaired) electrons. The fourth-order valence-corrected chi connectivity index (χ4v) is 1.58. The molecule has 0 N–H and O–H groups in total. The predicted molar refractivity (Wildman–Crippen MR) is 61.8 cm³/mol. The van der Waals surface area contributed by atoms with Gasteiger partial charge in [0.2, 0.25) is 5.91 Å². The maximum absolute atomic E-state index is 11.6. The van der Waals surface area contributed by atoms with Crippen LogP contribution in [-0.4, -0.2) is 48.7 Å². The standard InChI is InChI=1S/C11H21N3O/c1-9(2)7-10-8-11(15)14(12-10)6-5-13(3)4/h9H,5-8H2,1-4H3. The lowest BCUT2D eigenvalue weighted by Crippen LogP contribution is -2.29. The van der Waals surface area contributed by atoms with E-state index in [0.717, 1.165) is 18.7 Å². The lowest BCUT2D eigenvalue weighted by molar-refractivity contribution is -0.128. The van der Waals surface area contributed by atoms with Gasteiger partial charge >= 0.3 is 0 Å². The van der Waals surface area contributed by atoms with Crippen molar-refractivity contribution in [2.45, 2.75) is 26.7 Å². The van der Waals surface area contributed by atoms with E-state index in [9.17, 15) is 4.79 Å². The van der Waals surface area contributed by atoms with Gasteiger partial charge in [0, 0.05) is 12.3 Å². The quantitative estimate of drug-likeness (QED) is 0.684. The zero-order valence-corrected chi connectivity index (χ0v) is 10.2. The molecule has 0 fully saturated rings. The van der Waals surface area contributed by atoms with Gasteiger partial charge in [0.05, 0.1) is 13.0 Å². The number of carbonyl (C=O) groups excluding carboxylic acids is 1. The molecule has 0 aromatic heterocycles. The van der Waals surface area contributed by atoms with Crippen LogP contribution in [0.25, 0.3) is 0 Å². The predicted octanol–water partition coefficient (Wildman–Crippen LogP) is 1.18. The maximum Gasteiger partial charge on any atom is 0.248 e. The Bertz CT molecular complexity index is 259. The van der Waals surface area contributed by atoms with E-state index in [1.165, 1.54) is 0 Å². The van der Waals surface area contributed by atoms with Crippen molar-refractivity contribution < 1.29 is 4.79 Å². The molecule has 4 nitrogen and oxygen atoms in total. The SMILES string of the molecule is CC(C)CC1=NN(CCN(C)C)C(=O)C1. The van der Waals surface area contributed by atoms with Crippen LogP contribution in [0.3, 0.4) is 0 Å². The average molecular weight is 211 g/mol. The molecule has 0 spiro atoms. The van der Waals surface area contributed by atoms with Crippen LogP contribution < -0.4 is 0 Å². The van der Waals surface area contributed by atoms with Gasteiger partial charge in [-0.3, -0.25) is 4.79 Å². The summed E-state index contributed by atoms with van der Waals surface area (Å²) in [4.78, 5) is 13.6. The molecule has 0 aromatic carbocycles. The van der Waals surface area contributed by atoms with Crippen LogP contribution >= 0.6 is 0 Å². The second kappa shape index (κ2) is 5.26. The number of nitrogens with zero attached hydrogens (tertiary/aromatic N) is 3. The van der Waals surface area contributed by atoms with E-state index in [0.29, 0.717) is 18.9 Å². The Morgan fingerprint density at radius 1 is 1.47 bits per heavy atom. The molecule has 0 aliphatic carbocycles. The Kier molecular flexibility index (Phi) is 4.27. The van der Waals surface area contributed by atoms with Crippen molar-refractivity contribution in [3.8, 4) is 0 Å². The van der Waals surface area contributed by atoms with Crippen LogP contribution in [0.1, 0.15) is 26.7 Å². The highest BCUT2D eigenvalue weighted by Gasteiger charge is 2.23. The fraction of sp³-hybridized carbons (Fsp3) is 0.818. The van der Waals surface area contributed by atoms with Gasteiger partial charge in [0.15, 0.2) is 0 Å². The zero-order valence-electron chi connectivity index (χ0n) is 10.2. The molecule has 0 saturated heterocycles. The van der Waals surface area contributed by atoms with Gasteiger partial charge in [0.1, 0.15) is 0 Å². The minimum absolute atomic E-state index is 0.146. The molecule has 1 heterocycles. The van der Waals surface area contributed by atoms with Gasteiger partial charge in [-0.2, -0.15) is 5.10 Å². The second-order valence-electron chi connectivity index (χ2n) is 4.76. The van der Waals surface area contributed by atoms with Gasteiger partial charge in [-0.1, -0.05) is 13.8 Å².